The highest BCUT2D eigenvalue weighted by Crippen LogP contribution is 2.30. The first kappa shape index (κ1) is 27.2. The number of rotatable bonds is 7. The highest BCUT2D eigenvalue weighted by Gasteiger charge is 2.41. The lowest BCUT2D eigenvalue weighted by Gasteiger charge is -2.22. The molecular weight excluding hydrogens is 523 g/mol. The predicted molar refractivity (Wildman–Crippen MR) is 135 cm³/mol. The van der Waals surface area contributed by atoms with E-state index in [1.165, 1.54) is 24.4 Å². The van der Waals surface area contributed by atoms with Crippen LogP contribution in [0, 0.1) is 0 Å². The van der Waals surface area contributed by atoms with Gasteiger partial charge in [0.2, 0.25) is 11.0 Å². The Bertz CT molecular complexity index is 1500. The molecule has 3 aromatic rings. The van der Waals surface area contributed by atoms with Crippen molar-refractivity contribution in [1.29, 1.82) is 0 Å². The molecule has 1 aliphatic heterocycles. The van der Waals surface area contributed by atoms with Gasteiger partial charge in [0.1, 0.15) is 11.6 Å². The first-order valence-electron chi connectivity index (χ1n) is 11.5. The van der Waals surface area contributed by atoms with Crippen molar-refractivity contribution >= 4 is 39.5 Å². The van der Waals surface area contributed by atoms with E-state index in [4.69, 9.17) is 4.42 Å². The number of halogens is 3. The zero-order valence-electron chi connectivity index (χ0n) is 20.3. The number of allylic oxidation sites excluding steroid dienone is 1. The molecule has 0 saturated carbocycles. The molecular formula is C25H24F3N5O4S. The maximum absolute atomic E-state index is 13.3. The number of pyridine rings is 1. The quantitative estimate of drug-likeness (QED) is 0.351. The summed E-state index contributed by atoms with van der Waals surface area (Å²) in [5.41, 5.74) is 0.242. The fraction of sp³-hybridized carbons (Fsp3) is 0.280. The van der Waals surface area contributed by atoms with Gasteiger partial charge in [0.05, 0.1) is 12.2 Å². The molecule has 4 rings (SSSR count). The molecule has 1 amide bonds. The van der Waals surface area contributed by atoms with Gasteiger partial charge >= 0.3 is 6.18 Å². The Morgan fingerprint density at radius 3 is 2.76 bits per heavy atom. The number of aliphatic imine (C=N–C) groups is 2. The normalized spacial score (nSPS) is 17.6. The Labute approximate surface area is 216 Å². The van der Waals surface area contributed by atoms with Crippen LogP contribution in [-0.4, -0.2) is 54.9 Å². The highest BCUT2D eigenvalue weighted by atomic mass is 32.2. The average Bonchev–Trinajstić information content (AvgIpc) is 3.56. The fourth-order valence-corrected chi connectivity index (χ4v) is 5.55. The van der Waals surface area contributed by atoms with Gasteiger partial charge in [0, 0.05) is 41.5 Å². The summed E-state index contributed by atoms with van der Waals surface area (Å²) in [6, 6.07) is 10.4. The van der Waals surface area contributed by atoms with Crippen LogP contribution in [0.2, 0.25) is 0 Å². The molecule has 200 valence electrons. The molecule has 1 aliphatic rings. The lowest BCUT2D eigenvalue weighted by Crippen LogP contribution is -2.45. The number of amides is 1. The molecule has 0 unspecified atom stereocenters. The second-order valence-electron chi connectivity index (χ2n) is 8.55. The third-order valence-corrected chi connectivity index (χ3v) is 7.73. The van der Waals surface area contributed by atoms with Gasteiger partial charge in [-0.25, -0.2) is 18.4 Å². The van der Waals surface area contributed by atoms with Crippen molar-refractivity contribution in [2.75, 3.05) is 6.54 Å². The van der Waals surface area contributed by atoms with E-state index in [1.807, 2.05) is 0 Å². The van der Waals surface area contributed by atoms with Gasteiger partial charge in [-0.05, 0) is 44.7 Å². The molecule has 1 saturated heterocycles. The number of hydrogen-bond acceptors (Lipinski definition) is 6. The second-order valence-corrected chi connectivity index (χ2v) is 10.4. The maximum Gasteiger partial charge on any atom is 0.413 e. The summed E-state index contributed by atoms with van der Waals surface area (Å²) in [7, 11) is -4.05. The molecule has 38 heavy (non-hydrogen) atoms. The molecule has 1 atom stereocenters. The van der Waals surface area contributed by atoms with Crippen molar-refractivity contribution in [3.8, 4) is 0 Å². The summed E-state index contributed by atoms with van der Waals surface area (Å²) in [6.07, 6.45) is -1.63. The molecule has 0 spiro atoms. The van der Waals surface area contributed by atoms with Crippen molar-refractivity contribution in [1.82, 2.24) is 14.6 Å². The highest BCUT2D eigenvalue weighted by molar-refractivity contribution is 7.89. The van der Waals surface area contributed by atoms with Gasteiger partial charge in [-0.2, -0.15) is 17.5 Å². The average molecular weight is 548 g/mol. The Hall–Kier alpha value is -3.84. The molecule has 9 nitrogen and oxygen atoms in total. The molecule has 1 aromatic carbocycles. The third kappa shape index (κ3) is 5.83. The number of benzene rings is 1. The van der Waals surface area contributed by atoms with Gasteiger partial charge in [0.25, 0.3) is 10.0 Å². The van der Waals surface area contributed by atoms with E-state index >= 15 is 0 Å². The topological polar surface area (TPSA) is 117 Å². The number of para-hydroxylation sites is 1. The van der Waals surface area contributed by atoms with E-state index in [9.17, 15) is 26.4 Å². The number of nitrogens with zero attached hydrogens (tertiary/aromatic N) is 4. The smallest absolute Gasteiger partial charge is 0.413 e. The van der Waals surface area contributed by atoms with E-state index in [2.05, 4.69) is 27.0 Å². The monoisotopic (exact) mass is 547 g/mol. The summed E-state index contributed by atoms with van der Waals surface area (Å²) in [6.45, 7) is 4.36. The standard InChI is InChI=1S/C25H24F3N5O4S/c1-16(25(26,27)28)14-31-23(29-2)18-9-10-30-19(12-18)15-32-24(34)20-7-5-11-33(20)38(35,36)22-13-17-6-3-4-8-21(17)37-22/h3-4,6,8-10,12-14,20H,2,5,7,11,15H2,1H3,(H,32,34)/b16-14+,31-23-/t20-/m0/s1. The number of carbonyl (C=O) groups excluding carboxylic acids is 1. The number of aromatic nitrogens is 1. The summed E-state index contributed by atoms with van der Waals surface area (Å²) in [4.78, 5) is 24.6. The number of alkyl halides is 3. The minimum Gasteiger partial charge on any atom is -0.443 e. The molecule has 13 heteroatoms. The maximum atomic E-state index is 13.3. The first-order chi connectivity index (χ1) is 18.0. The molecule has 0 aliphatic carbocycles. The van der Waals surface area contributed by atoms with Crippen LogP contribution in [-0.2, 0) is 21.4 Å². The lowest BCUT2D eigenvalue weighted by atomic mass is 10.2. The van der Waals surface area contributed by atoms with Crippen LogP contribution in [0.1, 0.15) is 31.0 Å². The lowest BCUT2D eigenvalue weighted by molar-refractivity contribution is -0.124. The summed E-state index contributed by atoms with van der Waals surface area (Å²) < 4.78 is 71.4. The van der Waals surface area contributed by atoms with Crippen molar-refractivity contribution in [2.24, 2.45) is 9.98 Å². The van der Waals surface area contributed by atoms with Crippen molar-refractivity contribution in [3.05, 3.63) is 71.7 Å². The van der Waals surface area contributed by atoms with Gasteiger partial charge in [-0.3, -0.25) is 9.78 Å². The van der Waals surface area contributed by atoms with Crippen LogP contribution >= 0.6 is 0 Å². The van der Waals surface area contributed by atoms with E-state index in [-0.39, 0.29) is 24.0 Å². The number of fused-ring (bicyclic) bond motifs is 1. The van der Waals surface area contributed by atoms with E-state index in [0.29, 0.717) is 41.3 Å². The van der Waals surface area contributed by atoms with Gasteiger partial charge in [-0.15, -0.1) is 0 Å². The SMILES string of the molecule is C=N/C(=N\C=C(/C)C(F)(F)F)c1ccnc(CNC(=O)[C@@H]2CCCN2S(=O)(=O)c2cc3ccccc3o2)c1. The number of nitrogens with one attached hydrogen (secondary N) is 1. The zero-order valence-corrected chi connectivity index (χ0v) is 21.1. The number of hydrogen-bond donors (Lipinski definition) is 1. The molecule has 0 radical (unpaired) electrons. The van der Waals surface area contributed by atoms with E-state index < -0.39 is 33.7 Å². The Morgan fingerprint density at radius 2 is 2.05 bits per heavy atom. The number of amidine groups is 1. The summed E-state index contributed by atoms with van der Waals surface area (Å²) in [5.74, 6) is -0.559. The van der Waals surface area contributed by atoms with Crippen LogP contribution in [0.4, 0.5) is 13.2 Å². The zero-order chi connectivity index (χ0) is 27.5. The number of sulfonamides is 1. The van der Waals surface area contributed by atoms with Crippen LogP contribution in [0.25, 0.3) is 11.0 Å². The first-order valence-corrected chi connectivity index (χ1v) is 13.0. The predicted octanol–water partition coefficient (Wildman–Crippen LogP) is 4.21. The van der Waals surface area contributed by atoms with Gasteiger partial charge < -0.3 is 9.73 Å². The molecule has 3 heterocycles. The molecule has 1 N–H and O–H groups in total. The van der Waals surface area contributed by atoms with Crippen molar-refractivity contribution < 1.29 is 30.8 Å². The van der Waals surface area contributed by atoms with Gasteiger partial charge in [0.15, 0.2) is 5.84 Å². The largest absolute Gasteiger partial charge is 0.443 e. The van der Waals surface area contributed by atoms with E-state index in [1.54, 1.807) is 24.3 Å². The summed E-state index contributed by atoms with van der Waals surface area (Å²) in [5, 5.41) is 3.10. The molecule has 0 bridgehead atoms. The third-order valence-electron chi connectivity index (χ3n) is 5.97. The Kier molecular flexibility index (Phi) is 7.78. The molecule has 1 fully saturated rings. The van der Waals surface area contributed by atoms with Crippen LogP contribution in [0.15, 0.2) is 79.9 Å². The minimum atomic E-state index is -4.52. The van der Waals surface area contributed by atoms with Crippen LogP contribution in [0.5, 0.6) is 0 Å². The van der Waals surface area contributed by atoms with Crippen molar-refractivity contribution in [3.63, 3.8) is 0 Å². The summed E-state index contributed by atoms with van der Waals surface area (Å²) >= 11 is 0. The van der Waals surface area contributed by atoms with E-state index in [0.717, 1.165) is 11.2 Å². The van der Waals surface area contributed by atoms with Crippen LogP contribution < -0.4 is 5.32 Å². The Morgan fingerprint density at radius 1 is 1.29 bits per heavy atom. The number of carbonyl (C=O) groups is 1. The fourth-order valence-electron chi connectivity index (χ4n) is 3.94. The van der Waals surface area contributed by atoms with Gasteiger partial charge in [-0.1, -0.05) is 18.2 Å². The number of furan rings is 1. The van der Waals surface area contributed by atoms with Crippen molar-refractivity contribution in [2.45, 2.75) is 43.6 Å². The molecule has 2 aromatic heterocycles. The van der Waals surface area contributed by atoms with Crippen LogP contribution in [0.3, 0.4) is 0 Å². The minimum absolute atomic E-state index is 0.0520. The Balaban J connectivity index is 1.47. The second kappa shape index (κ2) is 10.9.